The van der Waals surface area contributed by atoms with E-state index in [0.29, 0.717) is 18.7 Å². The summed E-state index contributed by atoms with van der Waals surface area (Å²) in [4.78, 5) is 19.9. The molecule has 0 bridgehead atoms. The van der Waals surface area contributed by atoms with E-state index in [4.69, 9.17) is 32.7 Å². The third-order valence-corrected chi connectivity index (χ3v) is 6.53. The fraction of sp³-hybridized carbons (Fsp3) is 0.261. The number of hydrogen-bond acceptors (Lipinski definition) is 7. The maximum Gasteiger partial charge on any atom is 0.472 e. The van der Waals surface area contributed by atoms with Gasteiger partial charge >= 0.3 is 22.3 Å². The zero-order valence-corrected chi connectivity index (χ0v) is 22.5. The van der Waals surface area contributed by atoms with Crippen LogP contribution in [0.4, 0.5) is 23.2 Å². The molecule has 210 valence electrons. The van der Waals surface area contributed by atoms with Crippen LogP contribution in [0.1, 0.15) is 19.5 Å². The first kappa shape index (κ1) is 30.3. The number of carbonyl (C=O) groups is 1. The maximum atomic E-state index is 15.1. The van der Waals surface area contributed by atoms with Crippen LogP contribution in [0.2, 0.25) is 10.0 Å². The number of halogens is 6. The number of hydrogen-bond donors (Lipinski definition) is 1. The van der Waals surface area contributed by atoms with Crippen LogP contribution in [0.15, 0.2) is 48.8 Å². The molecule has 0 saturated carbocycles. The quantitative estimate of drug-likeness (QED) is 0.294. The molecule has 3 rings (SSSR count). The molecule has 16 heteroatoms. The van der Waals surface area contributed by atoms with Gasteiger partial charge in [-0.15, -0.1) is 0 Å². The normalized spacial score (nSPS) is 11.9. The minimum atomic E-state index is -5.68. The second-order valence-electron chi connectivity index (χ2n) is 8.21. The van der Waals surface area contributed by atoms with Crippen molar-refractivity contribution in [2.24, 2.45) is 5.92 Å². The molecular formula is C23H20Cl2F4N4O5S. The Morgan fingerprint density at radius 1 is 1.13 bits per heavy atom. The van der Waals surface area contributed by atoms with Crippen molar-refractivity contribution >= 4 is 45.0 Å². The molecule has 0 aliphatic heterocycles. The maximum absolute atomic E-state index is 15.1. The van der Waals surface area contributed by atoms with E-state index < -0.39 is 55.4 Å². The highest BCUT2D eigenvalue weighted by Gasteiger charge is 2.48. The van der Waals surface area contributed by atoms with Crippen LogP contribution in [0.3, 0.4) is 0 Å². The number of rotatable bonds is 10. The van der Waals surface area contributed by atoms with Crippen molar-refractivity contribution in [3.8, 4) is 17.4 Å². The number of alkyl halides is 3. The van der Waals surface area contributed by atoms with Gasteiger partial charge in [-0.25, -0.2) is 9.37 Å². The molecule has 9 nitrogen and oxygen atoms in total. The number of amides is 1. The lowest BCUT2D eigenvalue weighted by Crippen LogP contribution is -2.50. The summed E-state index contributed by atoms with van der Waals surface area (Å²) >= 11 is 12.2. The average Bonchev–Trinajstić information content (AvgIpc) is 2.85. The highest BCUT2D eigenvalue weighted by Crippen LogP contribution is 2.38. The first-order chi connectivity index (χ1) is 18.2. The lowest BCUT2D eigenvalue weighted by Gasteiger charge is -2.24. The molecule has 0 aliphatic carbocycles. The third kappa shape index (κ3) is 7.91. The van der Waals surface area contributed by atoms with Crippen molar-refractivity contribution in [3.63, 3.8) is 0 Å². The summed E-state index contributed by atoms with van der Waals surface area (Å²) in [6, 6.07) is 6.70. The lowest BCUT2D eigenvalue weighted by molar-refractivity contribution is -0.169. The Bertz CT molecular complexity index is 1440. The second kappa shape index (κ2) is 12.3. The Hall–Kier alpha value is -3.20. The molecule has 0 saturated heterocycles. The number of nitrogens with one attached hydrogen (secondary N) is 1. The van der Waals surface area contributed by atoms with E-state index in [0.717, 1.165) is 0 Å². The van der Waals surface area contributed by atoms with Gasteiger partial charge < -0.3 is 9.47 Å². The number of aromatic nitrogens is 2. The number of nitrogens with zero attached hydrogens (tertiary/aromatic N) is 3. The van der Waals surface area contributed by atoms with Crippen LogP contribution < -0.4 is 18.5 Å². The first-order valence-corrected chi connectivity index (χ1v) is 13.1. The number of carbonyl (C=O) groups excluding carboxylic acids is 1. The van der Waals surface area contributed by atoms with Crippen LogP contribution in [0, 0.1) is 11.7 Å². The minimum Gasteiger partial charge on any atom is -0.476 e. The number of ether oxygens (including phenoxy) is 2. The fourth-order valence-electron chi connectivity index (χ4n) is 2.89. The van der Waals surface area contributed by atoms with Gasteiger partial charge in [-0.05, 0) is 24.1 Å². The van der Waals surface area contributed by atoms with Gasteiger partial charge in [-0.3, -0.25) is 9.78 Å². The smallest absolute Gasteiger partial charge is 0.472 e. The van der Waals surface area contributed by atoms with Gasteiger partial charge in [0.05, 0.1) is 35.8 Å². The van der Waals surface area contributed by atoms with Gasteiger partial charge in [0.15, 0.2) is 5.82 Å². The van der Waals surface area contributed by atoms with Crippen molar-refractivity contribution in [2.75, 3.05) is 10.9 Å². The van der Waals surface area contributed by atoms with E-state index in [1.165, 1.54) is 36.7 Å². The Morgan fingerprint density at radius 2 is 1.85 bits per heavy atom. The summed E-state index contributed by atoms with van der Waals surface area (Å²) in [5.41, 5.74) is -1.17. The molecule has 3 aromatic rings. The van der Waals surface area contributed by atoms with Gasteiger partial charge in [-0.1, -0.05) is 43.1 Å². The molecule has 0 fully saturated rings. The van der Waals surface area contributed by atoms with Crippen molar-refractivity contribution in [2.45, 2.75) is 26.6 Å². The van der Waals surface area contributed by atoms with E-state index in [1.54, 1.807) is 4.72 Å². The zero-order valence-electron chi connectivity index (χ0n) is 20.2. The first-order valence-electron chi connectivity index (χ1n) is 10.9. The summed E-state index contributed by atoms with van der Waals surface area (Å²) in [5, 5.41) is -0.476. The van der Waals surface area contributed by atoms with Gasteiger partial charge in [-0.2, -0.15) is 30.6 Å². The standard InChI is InChI=1S/C23H20Cl2F4N4O5S/c1-13(2)12-37-21-17(25)7-15(11-31-21)38-20-9-18(26)19(8-16(20)24)33(22(34)23(27,28)29)39(35,36)32-10-14-5-3-4-6-30-14/h3-9,11,13,32H,10,12H2,1-2H3. The average molecular weight is 611 g/mol. The molecule has 0 radical (unpaired) electrons. The molecule has 1 amide bonds. The van der Waals surface area contributed by atoms with Crippen LogP contribution in [0.25, 0.3) is 0 Å². The van der Waals surface area contributed by atoms with Crippen molar-refractivity contribution in [1.82, 2.24) is 14.7 Å². The van der Waals surface area contributed by atoms with E-state index in [2.05, 4.69) is 9.97 Å². The zero-order chi connectivity index (χ0) is 29.0. The van der Waals surface area contributed by atoms with Gasteiger partial charge in [0.25, 0.3) is 0 Å². The SMILES string of the molecule is CC(C)COc1ncc(Oc2cc(F)c(N(C(=O)C(F)(F)F)S(=O)(=O)NCc3ccccn3)cc2Cl)cc1Cl. The van der Waals surface area contributed by atoms with Crippen molar-refractivity contribution in [3.05, 3.63) is 70.3 Å². The van der Waals surface area contributed by atoms with Crippen LogP contribution in [-0.4, -0.2) is 37.1 Å². The molecule has 39 heavy (non-hydrogen) atoms. The van der Waals surface area contributed by atoms with Crippen LogP contribution in [-0.2, 0) is 21.5 Å². The van der Waals surface area contributed by atoms with E-state index in [1.807, 2.05) is 13.8 Å². The summed E-state index contributed by atoms with van der Waals surface area (Å²) in [6.07, 6.45) is -3.19. The molecule has 2 aromatic heterocycles. The van der Waals surface area contributed by atoms with E-state index >= 15 is 4.39 Å². The Kier molecular flexibility index (Phi) is 9.59. The number of pyridine rings is 2. The van der Waals surface area contributed by atoms with Gasteiger partial charge in [0, 0.05) is 18.3 Å². The fourth-order valence-corrected chi connectivity index (χ4v) is 4.48. The highest BCUT2D eigenvalue weighted by molar-refractivity contribution is 7.91. The molecule has 2 heterocycles. The Morgan fingerprint density at radius 3 is 2.44 bits per heavy atom. The van der Waals surface area contributed by atoms with Crippen molar-refractivity contribution in [1.29, 1.82) is 0 Å². The molecule has 0 unspecified atom stereocenters. The second-order valence-corrected chi connectivity index (χ2v) is 10.6. The third-order valence-electron chi connectivity index (χ3n) is 4.61. The number of benzene rings is 1. The van der Waals surface area contributed by atoms with Crippen LogP contribution >= 0.6 is 23.2 Å². The number of anilines is 1. The topological polar surface area (TPSA) is 111 Å². The minimum absolute atomic E-state index is 0.0428. The van der Waals surface area contributed by atoms with Gasteiger partial charge in [0.1, 0.15) is 16.5 Å². The summed E-state index contributed by atoms with van der Waals surface area (Å²) < 4.78 is 92.6. The Balaban J connectivity index is 1.93. The molecule has 0 aliphatic rings. The largest absolute Gasteiger partial charge is 0.476 e. The van der Waals surface area contributed by atoms with Crippen molar-refractivity contribution < 1.29 is 40.2 Å². The van der Waals surface area contributed by atoms with E-state index in [9.17, 15) is 26.4 Å². The predicted molar refractivity (Wildman–Crippen MR) is 135 cm³/mol. The summed E-state index contributed by atoms with van der Waals surface area (Å²) in [6.45, 7) is 3.57. The van der Waals surface area contributed by atoms with Crippen LogP contribution in [0.5, 0.6) is 17.4 Å². The molecule has 0 spiro atoms. The molecule has 1 N–H and O–H groups in total. The monoisotopic (exact) mass is 610 g/mol. The van der Waals surface area contributed by atoms with Gasteiger partial charge in [0.2, 0.25) is 5.88 Å². The molecule has 0 atom stereocenters. The highest BCUT2D eigenvalue weighted by atomic mass is 35.5. The van der Waals surface area contributed by atoms with E-state index in [-0.39, 0.29) is 28.3 Å². The summed E-state index contributed by atoms with van der Waals surface area (Å²) in [7, 11) is -5.30. The Labute approximate surface area is 230 Å². The lowest BCUT2D eigenvalue weighted by atomic mass is 10.2. The predicted octanol–water partition coefficient (Wildman–Crippen LogP) is 5.68. The molecular weight excluding hydrogens is 591 g/mol. The molecule has 1 aromatic carbocycles. The summed E-state index contributed by atoms with van der Waals surface area (Å²) in [5.74, 6) is -4.62.